The Morgan fingerprint density at radius 1 is 1.09 bits per heavy atom. The van der Waals surface area contributed by atoms with Gasteiger partial charge in [0.25, 0.3) is 0 Å². The zero-order valence-electron chi connectivity index (χ0n) is 18.8. The number of benzene rings is 1. The van der Waals surface area contributed by atoms with Gasteiger partial charge in [0.05, 0.1) is 5.41 Å². The fraction of sp³-hybridized carbons (Fsp3) is 0.625. The number of amides is 4. The number of anilines is 2. The number of urea groups is 1. The zero-order valence-corrected chi connectivity index (χ0v) is 18.8. The highest BCUT2D eigenvalue weighted by Crippen LogP contribution is 2.45. The molecule has 8 nitrogen and oxygen atoms in total. The van der Waals surface area contributed by atoms with Crippen LogP contribution in [0.3, 0.4) is 0 Å². The number of hydrogen-bond donors (Lipinski definition) is 4. The van der Waals surface area contributed by atoms with Crippen molar-refractivity contribution in [3.63, 3.8) is 0 Å². The zero-order chi connectivity index (χ0) is 22.6. The van der Waals surface area contributed by atoms with Crippen molar-refractivity contribution in [1.29, 1.82) is 0 Å². The van der Waals surface area contributed by atoms with E-state index >= 15 is 0 Å². The number of fused-ring (bicyclic) bond motifs is 2. The van der Waals surface area contributed by atoms with Crippen LogP contribution in [0.1, 0.15) is 63.4 Å². The van der Waals surface area contributed by atoms with E-state index in [0.29, 0.717) is 31.7 Å². The van der Waals surface area contributed by atoms with Crippen molar-refractivity contribution in [2.24, 2.45) is 5.92 Å². The quantitative estimate of drug-likeness (QED) is 0.574. The Labute approximate surface area is 189 Å². The minimum absolute atomic E-state index is 0.00737. The number of carbonyl (C=O) groups excluding carboxylic acids is 3. The van der Waals surface area contributed by atoms with Crippen LogP contribution < -0.4 is 21.3 Å². The van der Waals surface area contributed by atoms with E-state index in [1.54, 1.807) is 7.05 Å². The van der Waals surface area contributed by atoms with E-state index in [1.165, 1.54) is 19.3 Å². The Morgan fingerprint density at radius 2 is 1.78 bits per heavy atom. The molecule has 2 heterocycles. The van der Waals surface area contributed by atoms with Crippen molar-refractivity contribution >= 4 is 29.2 Å². The molecule has 4 rings (SSSR count). The molecule has 4 amide bonds. The smallest absolute Gasteiger partial charge is 0.315 e. The summed E-state index contributed by atoms with van der Waals surface area (Å²) >= 11 is 0. The Balaban J connectivity index is 1.51. The van der Waals surface area contributed by atoms with Crippen LogP contribution in [-0.4, -0.2) is 44.1 Å². The molecule has 1 atom stereocenters. The van der Waals surface area contributed by atoms with Crippen LogP contribution >= 0.6 is 0 Å². The molecule has 4 N–H and O–H groups in total. The Hall–Kier alpha value is -2.61. The van der Waals surface area contributed by atoms with Crippen LogP contribution in [0.2, 0.25) is 0 Å². The molecule has 1 spiro atoms. The normalized spacial score (nSPS) is 21.6. The second kappa shape index (κ2) is 9.90. The molecule has 1 aromatic carbocycles. The van der Waals surface area contributed by atoms with Gasteiger partial charge in [0, 0.05) is 31.6 Å². The first-order valence-corrected chi connectivity index (χ1v) is 11.9. The first kappa shape index (κ1) is 22.6. The molecule has 1 aromatic rings. The summed E-state index contributed by atoms with van der Waals surface area (Å²) in [7, 11) is 1.55. The summed E-state index contributed by atoms with van der Waals surface area (Å²) in [5.41, 5.74) is 1.81. The van der Waals surface area contributed by atoms with Gasteiger partial charge >= 0.3 is 6.03 Å². The number of carbonyl (C=O) groups is 3. The van der Waals surface area contributed by atoms with Crippen molar-refractivity contribution in [3.8, 4) is 0 Å². The average Bonchev–Trinajstić information content (AvgIpc) is 3.02. The van der Waals surface area contributed by atoms with Crippen molar-refractivity contribution in [1.82, 2.24) is 10.6 Å². The van der Waals surface area contributed by atoms with Crippen molar-refractivity contribution in [3.05, 3.63) is 23.8 Å². The minimum Gasteiger partial charge on any atom is -0.381 e. The van der Waals surface area contributed by atoms with E-state index in [9.17, 15) is 14.4 Å². The van der Waals surface area contributed by atoms with Gasteiger partial charge in [-0.3, -0.25) is 9.59 Å². The fourth-order valence-electron chi connectivity index (χ4n) is 5.38. The highest BCUT2D eigenvalue weighted by Gasteiger charge is 2.47. The Morgan fingerprint density at radius 3 is 2.47 bits per heavy atom. The molecule has 2 aliphatic heterocycles. The van der Waals surface area contributed by atoms with Gasteiger partial charge in [0.2, 0.25) is 11.8 Å². The van der Waals surface area contributed by atoms with Gasteiger partial charge in [0.1, 0.15) is 6.04 Å². The van der Waals surface area contributed by atoms with Gasteiger partial charge in [-0.1, -0.05) is 38.2 Å². The van der Waals surface area contributed by atoms with Crippen LogP contribution in [0.15, 0.2) is 18.2 Å². The van der Waals surface area contributed by atoms with Gasteiger partial charge in [-0.2, -0.15) is 0 Å². The molecule has 32 heavy (non-hydrogen) atoms. The number of ether oxygens (including phenoxy) is 1. The molecule has 0 bridgehead atoms. The van der Waals surface area contributed by atoms with E-state index in [1.807, 2.05) is 18.2 Å². The van der Waals surface area contributed by atoms with E-state index in [-0.39, 0.29) is 23.8 Å². The summed E-state index contributed by atoms with van der Waals surface area (Å²) in [5.74, 6) is -0.107. The summed E-state index contributed by atoms with van der Waals surface area (Å²) in [6.07, 6.45) is 8.89. The van der Waals surface area contributed by atoms with Crippen LogP contribution in [0, 0.1) is 5.92 Å². The third kappa shape index (κ3) is 4.60. The number of hydrogen-bond acceptors (Lipinski definition) is 4. The molecule has 174 valence electrons. The van der Waals surface area contributed by atoms with Gasteiger partial charge in [-0.05, 0) is 49.3 Å². The second-order valence-corrected chi connectivity index (χ2v) is 9.20. The molecule has 0 radical (unpaired) electrons. The van der Waals surface area contributed by atoms with E-state index in [0.717, 1.165) is 36.9 Å². The largest absolute Gasteiger partial charge is 0.381 e. The monoisotopic (exact) mass is 442 g/mol. The molecule has 0 aromatic heterocycles. The Kier molecular flexibility index (Phi) is 6.98. The fourth-order valence-corrected chi connectivity index (χ4v) is 5.38. The summed E-state index contributed by atoms with van der Waals surface area (Å²) < 4.78 is 5.46. The van der Waals surface area contributed by atoms with Crippen molar-refractivity contribution < 1.29 is 19.1 Å². The molecule has 3 aliphatic rings. The van der Waals surface area contributed by atoms with Gasteiger partial charge in [-0.25, -0.2) is 4.79 Å². The average molecular weight is 443 g/mol. The lowest BCUT2D eigenvalue weighted by atomic mass is 9.75. The standard InChI is InChI=1S/C24H34N4O4/c1-25-23(31)28-20(16-7-5-3-2-4-6-8-16)21(29)26-17-9-10-18-19(15-17)27-22(30)24(18)11-13-32-14-12-24/h9-10,15-16,20H,2-8,11-14H2,1H3,(H,26,29)(H,27,30)(H2,25,28,31). The molecule has 1 unspecified atom stereocenters. The lowest BCUT2D eigenvalue weighted by Gasteiger charge is -2.31. The topological polar surface area (TPSA) is 109 Å². The second-order valence-electron chi connectivity index (χ2n) is 9.20. The molecular formula is C24H34N4O4. The lowest BCUT2D eigenvalue weighted by Crippen LogP contribution is -2.51. The third-order valence-electron chi connectivity index (χ3n) is 7.25. The number of nitrogens with one attached hydrogen (secondary N) is 4. The van der Waals surface area contributed by atoms with Gasteiger partial charge < -0.3 is 26.0 Å². The van der Waals surface area contributed by atoms with E-state index in [2.05, 4.69) is 21.3 Å². The SMILES string of the molecule is CNC(=O)NC(C(=O)Nc1ccc2c(c1)NC(=O)C21CCOCC1)C1CCCCCCC1. The highest BCUT2D eigenvalue weighted by atomic mass is 16.5. The minimum atomic E-state index is -0.599. The van der Waals surface area contributed by atoms with Crippen LogP contribution in [0.25, 0.3) is 0 Å². The van der Waals surface area contributed by atoms with Gasteiger partial charge in [-0.15, -0.1) is 0 Å². The predicted molar refractivity (Wildman–Crippen MR) is 123 cm³/mol. The van der Waals surface area contributed by atoms with Crippen LogP contribution in [0.4, 0.5) is 16.2 Å². The molecule has 1 saturated heterocycles. The maximum atomic E-state index is 13.3. The molecule has 1 saturated carbocycles. The van der Waals surface area contributed by atoms with Crippen molar-refractivity contribution in [2.45, 2.75) is 69.2 Å². The summed E-state index contributed by atoms with van der Waals surface area (Å²) in [6.45, 7) is 1.14. The molecule has 8 heteroatoms. The third-order valence-corrected chi connectivity index (χ3v) is 7.25. The lowest BCUT2D eigenvalue weighted by molar-refractivity contribution is -0.124. The molecule has 1 aliphatic carbocycles. The van der Waals surface area contributed by atoms with Gasteiger partial charge in [0.15, 0.2) is 0 Å². The van der Waals surface area contributed by atoms with E-state index < -0.39 is 11.5 Å². The Bertz CT molecular complexity index is 858. The first-order chi connectivity index (χ1) is 15.5. The maximum absolute atomic E-state index is 13.3. The summed E-state index contributed by atoms with van der Waals surface area (Å²) in [6, 6.07) is 4.66. The van der Waals surface area contributed by atoms with Crippen LogP contribution in [-0.2, 0) is 19.7 Å². The van der Waals surface area contributed by atoms with Crippen molar-refractivity contribution in [2.75, 3.05) is 30.9 Å². The van der Waals surface area contributed by atoms with Crippen LogP contribution in [0.5, 0.6) is 0 Å². The molecule has 2 fully saturated rings. The predicted octanol–water partition coefficient (Wildman–Crippen LogP) is 3.28. The molecular weight excluding hydrogens is 408 g/mol. The first-order valence-electron chi connectivity index (χ1n) is 11.9. The highest BCUT2D eigenvalue weighted by molar-refractivity contribution is 6.07. The summed E-state index contributed by atoms with van der Waals surface area (Å²) in [4.78, 5) is 38.1. The number of rotatable bonds is 4. The summed E-state index contributed by atoms with van der Waals surface area (Å²) in [5, 5.41) is 11.4. The maximum Gasteiger partial charge on any atom is 0.315 e. The van der Waals surface area contributed by atoms with E-state index in [4.69, 9.17) is 4.74 Å².